The molecule has 1 aliphatic carbocycles. The minimum Gasteiger partial charge on any atom is -0.490 e. The van der Waals surface area contributed by atoms with Gasteiger partial charge >= 0.3 is 0 Å². The number of ether oxygens (including phenoxy) is 1. The maximum absolute atomic E-state index is 6.27. The van der Waals surface area contributed by atoms with Crippen molar-refractivity contribution < 1.29 is 4.74 Å². The fraction of sp³-hybridized carbons (Fsp3) is 0.250. The van der Waals surface area contributed by atoms with Crippen molar-refractivity contribution in [2.45, 2.75) is 25.0 Å². The number of benzene rings is 2. The van der Waals surface area contributed by atoms with E-state index >= 15 is 0 Å². The monoisotopic (exact) mass is 307 g/mol. The summed E-state index contributed by atoms with van der Waals surface area (Å²) in [7, 11) is 0. The quantitative estimate of drug-likeness (QED) is 0.897. The zero-order valence-electron chi connectivity index (χ0n) is 10.9. The zero-order chi connectivity index (χ0) is 14.1. The Kier molecular flexibility index (Phi) is 3.88. The summed E-state index contributed by atoms with van der Waals surface area (Å²) >= 11 is 12.2. The minimum atomic E-state index is -0.295. The van der Waals surface area contributed by atoms with Crippen molar-refractivity contribution in [3.63, 3.8) is 0 Å². The summed E-state index contributed by atoms with van der Waals surface area (Å²) < 4.78 is 5.72. The molecule has 1 fully saturated rings. The predicted molar refractivity (Wildman–Crippen MR) is 82.6 cm³/mol. The molecule has 0 saturated heterocycles. The lowest BCUT2D eigenvalue weighted by molar-refractivity contribution is 0.303. The van der Waals surface area contributed by atoms with Crippen molar-refractivity contribution >= 4 is 23.2 Å². The number of halogens is 2. The van der Waals surface area contributed by atoms with E-state index in [-0.39, 0.29) is 6.04 Å². The zero-order valence-corrected chi connectivity index (χ0v) is 12.4. The maximum Gasteiger partial charge on any atom is 0.119 e. The van der Waals surface area contributed by atoms with Gasteiger partial charge in [-0.1, -0.05) is 35.3 Å². The van der Waals surface area contributed by atoms with Crippen molar-refractivity contribution in [1.29, 1.82) is 0 Å². The van der Waals surface area contributed by atoms with Crippen LogP contribution in [0.3, 0.4) is 0 Å². The highest BCUT2D eigenvalue weighted by molar-refractivity contribution is 6.33. The third-order valence-corrected chi connectivity index (χ3v) is 3.94. The molecule has 2 aromatic carbocycles. The van der Waals surface area contributed by atoms with E-state index < -0.39 is 0 Å². The van der Waals surface area contributed by atoms with E-state index in [0.29, 0.717) is 16.1 Å². The molecule has 1 aliphatic rings. The molecule has 1 atom stereocenters. The van der Waals surface area contributed by atoms with Crippen molar-refractivity contribution in [2.24, 2.45) is 5.73 Å². The summed E-state index contributed by atoms with van der Waals surface area (Å²) in [5.74, 6) is 0.889. The molecule has 0 amide bonds. The number of hydrogen-bond acceptors (Lipinski definition) is 2. The first-order chi connectivity index (χ1) is 9.63. The molecule has 0 aromatic heterocycles. The van der Waals surface area contributed by atoms with Gasteiger partial charge in [0.1, 0.15) is 5.75 Å². The van der Waals surface area contributed by atoms with Crippen molar-refractivity contribution in [3.05, 3.63) is 63.6 Å². The highest BCUT2D eigenvalue weighted by atomic mass is 35.5. The Hall–Kier alpha value is -1.22. The summed E-state index contributed by atoms with van der Waals surface area (Å²) in [5, 5.41) is 1.26. The second-order valence-corrected chi connectivity index (χ2v) is 5.87. The van der Waals surface area contributed by atoms with Gasteiger partial charge in [0, 0.05) is 10.0 Å². The van der Waals surface area contributed by atoms with Crippen molar-refractivity contribution in [1.82, 2.24) is 0 Å². The van der Waals surface area contributed by atoms with Crippen LogP contribution >= 0.6 is 23.2 Å². The van der Waals surface area contributed by atoms with Gasteiger partial charge in [-0.05, 0) is 54.3 Å². The lowest BCUT2D eigenvalue weighted by Gasteiger charge is -2.15. The Morgan fingerprint density at radius 1 is 1.05 bits per heavy atom. The second-order valence-electron chi connectivity index (χ2n) is 5.03. The lowest BCUT2D eigenvalue weighted by Crippen LogP contribution is -2.12. The Morgan fingerprint density at radius 2 is 1.75 bits per heavy atom. The largest absolute Gasteiger partial charge is 0.490 e. The maximum atomic E-state index is 6.27. The molecule has 104 valence electrons. The van der Waals surface area contributed by atoms with Gasteiger partial charge in [-0.3, -0.25) is 0 Å². The number of rotatable bonds is 4. The van der Waals surface area contributed by atoms with Crippen LogP contribution in [0.2, 0.25) is 10.0 Å². The smallest absolute Gasteiger partial charge is 0.119 e. The SMILES string of the molecule is NC(c1ccc(OC2CC2)cc1)c1cc(Cl)ccc1Cl. The molecule has 0 spiro atoms. The van der Waals surface area contributed by atoms with Crippen LogP contribution in [0.1, 0.15) is 30.0 Å². The Morgan fingerprint density at radius 3 is 2.40 bits per heavy atom. The molecule has 0 aliphatic heterocycles. The minimum absolute atomic E-state index is 0.295. The normalized spacial score (nSPS) is 15.9. The standard InChI is InChI=1S/C16H15Cl2NO/c17-11-3-8-15(18)14(9-11)16(19)10-1-4-12(5-2-10)20-13-6-7-13/h1-5,8-9,13,16H,6-7,19H2. The van der Waals surface area contributed by atoms with E-state index in [1.165, 1.54) is 0 Å². The van der Waals surface area contributed by atoms with Gasteiger partial charge < -0.3 is 10.5 Å². The van der Waals surface area contributed by atoms with E-state index in [1.54, 1.807) is 12.1 Å². The average molecular weight is 308 g/mol. The third kappa shape index (κ3) is 3.09. The summed E-state index contributed by atoms with van der Waals surface area (Å²) in [5.41, 5.74) is 8.08. The molecule has 2 aromatic rings. The van der Waals surface area contributed by atoms with Crippen LogP contribution in [0, 0.1) is 0 Å². The van der Waals surface area contributed by atoms with E-state index in [4.69, 9.17) is 33.7 Å². The summed E-state index contributed by atoms with van der Waals surface area (Å²) in [6.45, 7) is 0. The predicted octanol–water partition coefficient (Wildman–Crippen LogP) is 4.58. The molecule has 4 heteroatoms. The van der Waals surface area contributed by atoms with Crippen LogP contribution in [0.15, 0.2) is 42.5 Å². The number of nitrogens with two attached hydrogens (primary N) is 1. The van der Waals surface area contributed by atoms with Crippen LogP contribution in [0.25, 0.3) is 0 Å². The molecular formula is C16H15Cl2NO. The van der Waals surface area contributed by atoms with Gasteiger partial charge in [0.15, 0.2) is 0 Å². The second kappa shape index (κ2) is 5.65. The Bertz CT molecular complexity index is 608. The first kappa shape index (κ1) is 13.7. The van der Waals surface area contributed by atoms with E-state index in [1.807, 2.05) is 30.3 Å². The molecule has 2 N–H and O–H groups in total. The molecule has 0 radical (unpaired) electrons. The summed E-state index contributed by atoms with van der Waals surface area (Å²) in [4.78, 5) is 0. The van der Waals surface area contributed by atoms with Gasteiger partial charge in [-0.2, -0.15) is 0 Å². The van der Waals surface area contributed by atoms with Crippen molar-refractivity contribution in [3.8, 4) is 5.75 Å². The molecular weight excluding hydrogens is 293 g/mol. The highest BCUT2D eigenvalue weighted by Gasteiger charge is 2.23. The average Bonchev–Trinajstić information content (AvgIpc) is 3.26. The first-order valence-electron chi connectivity index (χ1n) is 6.60. The van der Waals surface area contributed by atoms with Crippen LogP contribution in [0.4, 0.5) is 0 Å². The molecule has 1 unspecified atom stereocenters. The molecule has 1 saturated carbocycles. The van der Waals surface area contributed by atoms with E-state index in [0.717, 1.165) is 29.7 Å². The van der Waals surface area contributed by atoms with Gasteiger partial charge in [-0.15, -0.1) is 0 Å². The van der Waals surface area contributed by atoms with Crippen molar-refractivity contribution in [2.75, 3.05) is 0 Å². The molecule has 0 bridgehead atoms. The van der Waals surface area contributed by atoms with Crippen LogP contribution in [-0.4, -0.2) is 6.10 Å². The Labute approximate surface area is 128 Å². The van der Waals surface area contributed by atoms with Crippen LogP contribution < -0.4 is 10.5 Å². The van der Waals surface area contributed by atoms with Gasteiger partial charge in [0.2, 0.25) is 0 Å². The van der Waals surface area contributed by atoms with Crippen LogP contribution in [0.5, 0.6) is 5.75 Å². The van der Waals surface area contributed by atoms with Gasteiger partial charge in [-0.25, -0.2) is 0 Å². The molecule has 0 heterocycles. The fourth-order valence-electron chi connectivity index (χ4n) is 2.06. The molecule has 3 rings (SSSR count). The van der Waals surface area contributed by atoms with Crippen LogP contribution in [-0.2, 0) is 0 Å². The molecule has 2 nitrogen and oxygen atoms in total. The topological polar surface area (TPSA) is 35.2 Å². The highest BCUT2D eigenvalue weighted by Crippen LogP contribution is 2.31. The van der Waals surface area contributed by atoms with Gasteiger partial charge in [0.25, 0.3) is 0 Å². The fourth-order valence-corrected chi connectivity index (χ4v) is 2.48. The molecule has 20 heavy (non-hydrogen) atoms. The van der Waals surface area contributed by atoms with E-state index in [2.05, 4.69) is 0 Å². The third-order valence-electron chi connectivity index (χ3n) is 3.36. The van der Waals surface area contributed by atoms with Gasteiger partial charge in [0.05, 0.1) is 12.1 Å². The number of hydrogen-bond donors (Lipinski definition) is 1. The lowest BCUT2D eigenvalue weighted by atomic mass is 9.99. The Balaban J connectivity index is 1.81. The summed E-state index contributed by atoms with van der Waals surface area (Å²) in [6, 6.07) is 12.9. The first-order valence-corrected chi connectivity index (χ1v) is 7.36. The van der Waals surface area contributed by atoms with E-state index in [9.17, 15) is 0 Å². The summed E-state index contributed by atoms with van der Waals surface area (Å²) in [6.07, 6.45) is 2.70.